The van der Waals surface area contributed by atoms with Gasteiger partial charge < -0.3 is 14.8 Å². The third-order valence-corrected chi connectivity index (χ3v) is 2.50. The van der Waals surface area contributed by atoms with Crippen LogP contribution in [0.1, 0.15) is 20.3 Å². The molecule has 0 aromatic rings. The van der Waals surface area contributed by atoms with Crippen LogP contribution in [0.2, 0.25) is 0 Å². The molecule has 0 spiro atoms. The van der Waals surface area contributed by atoms with Crippen molar-refractivity contribution in [3.8, 4) is 0 Å². The van der Waals surface area contributed by atoms with E-state index in [1.54, 1.807) is 26.0 Å². The van der Waals surface area contributed by atoms with E-state index in [0.717, 1.165) is 0 Å². The highest BCUT2D eigenvalue weighted by Crippen LogP contribution is 2.03. The van der Waals surface area contributed by atoms with E-state index in [1.165, 1.54) is 0 Å². The Kier molecular flexibility index (Phi) is 9.22. The molecule has 1 N–H and O–H groups in total. The lowest BCUT2D eigenvalue weighted by Crippen LogP contribution is -2.45. The standard InChI is InChI=1S/C12H24N2O4/c1-5-10(12(16)18-6-2)14(3)9-11(15)13-7-8-17-4/h10H,5-9H2,1-4H3,(H,13,15). The lowest BCUT2D eigenvalue weighted by Gasteiger charge is -2.24. The number of methoxy groups -OCH3 is 1. The summed E-state index contributed by atoms with van der Waals surface area (Å²) in [7, 11) is 3.31. The maximum atomic E-state index is 11.6. The van der Waals surface area contributed by atoms with Crippen LogP contribution < -0.4 is 5.32 Å². The summed E-state index contributed by atoms with van der Waals surface area (Å²) in [6, 6.07) is -0.377. The summed E-state index contributed by atoms with van der Waals surface area (Å²) in [6.45, 7) is 5.12. The molecular formula is C12H24N2O4. The van der Waals surface area contributed by atoms with Crippen molar-refractivity contribution in [1.29, 1.82) is 0 Å². The Bertz CT molecular complexity index is 258. The maximum Gasteiger partial charge on any atom is 0.323 e. The zero-order chi connectivity index (χ0) is 14.0. The van der Waals surface area contributed by atoms with Crippen LogP contribution in [0.4, 0.5) is 0 Å². The zero-order valence-corrected chi connectivity index (χ0v) is 11.7. The molecule has 0 saturated heterocycles. The Morgan fingerprint density at radius 1 is 1.33 bits per heavy atom. The highest BCUT2D eigenvalue weighted by Gasteiger charge is 2.23. The van der Waals surface area contributed by atoms with Gasteiger partial charge in [-0.3, -0.25) is 14.5 Å². The van der Waals surface area contributed by atoms with Crippen LogP contribution in [0.5, 0.6) is 0 Å². The van der Waals surface area contributed by atoms with Crippen LogP contribution in [-0.2, 0) is 19.1 Å². The maximum absolute atomic E-state index is 11.6. The van der Waals surface area contributed by atoms with Crippen LogP contribution in [0.15, 0.2) is 0 Å². The fourth-order valence-electron chi connectivity index (χ4n) is 1.58. The fraction of sp³-hybridized carbons (Fsp3) is 0.833. The summed E-state index contributed by atoms with van der Waals surface area (Å²) in [5.41, 5.74) is 0. The summed E-state index contributed by atoms with van der Waals surface area (Å²) in [4.78, 5) is 24.9. The Hall–Kier alpha value is -1.14. The number of hydrogen-bond acceptors (Lipinski definition) is 5. The summed E-state index contributed by atoms with van der Waals surface area (Å²) in [6.07, 6.45) is 0.612. The Labute approximate surface area is 109 Å². The summed E-state index contributed by atoms with van der Waals surface area (Å²) >= 11 is 0. The first-order valence-corrected chi connectivity index (χ1v) is 6.19. The number of amides is 1. The summed E-state index contributed by atoms with van der Waals surface area (Å²) in [5, 5.41) is 2.71. The molecule has 0 aromatic heterocycles. The molecule has 0 aliphatic carbocycles. The minimum atomic E-state index is -0.377. The first kappa shape index (κ1) is 16.9. The van der Waals surface area contributed by atoms with Crippen LogP contribution in [0.3, 0.4) is 0 Å². The quantitative estimate of drug-likeness (QED) is 0.468. The van der Waals surface area contributed by atoms with E-state index in [0.29, 0.717) is 26.2 Å². The predicted octanol–water partition coefficient (Wildman–Crippen LogP) is 0.0225. The van der Waals surface area contributed by atoms with E-state index in [2.05, 4.69) is 5.32 Å². The third kappa shape index (κ3) is 6.56. The summed E-state index contributed by atoms with van der Waals surface area (Å²) in [5.74, 6) is -0.413. The van der Waals surface area contributed by atoms with Gasteiger partial charge in [0.2, 0.25) is 5.91 Å². The van der Waals surface area contributed by atoms with Crippen molar-refractivity contribution in [3.05, 3.63) is 0 Å². The molecule has 0 saturated carbocycles. The number of esters is 1. The SMILES string of the molecule is CCOC(=O)C(CC)N(C)CC(=O)NCCOC. The molecule has 0 aliphatic heterocycles. The second-order valence-electron chi connectivity index (χ2n) is 3.93. The number of hydrogen-bond donors (Lipinski definition) is 1. The highest BCUT2D eigenvalue weighted by atomic mass is 16.5. The van der Waals surface area contributed by atoms with Crippen molar-refractivity contribution >= 4 is 11.9 Å². The van der Waals surface area contributed by atoms with Gasteiger partial charge in [0, 0.05) is 13.7 Å². The van der Waals surface area contributed by atoms with Gasteiger partial charge in [-0.25, -0.2) is 0 Å². The van der Waals surface area contributed by atoms with E-state index in [4.69, 9.17) is 9.47 Å². The van der Waals surface area contributed by atoms with Crippen molar-refractivity contribution in [2.45, 2.75) is 26.3 Å². The smallest absolute Gasteiger partial charge is 0.323 e. The van der Waals surface area contributed by atoms with E-state index >= 15 is 0 Å². The Balaban J connectivity index is 4.13. The van der Waals surface area contributed by atoms with Crippen LogP contribution >= 0.6 is 0 Å². The third-order valence-electron chi connectivity index (χ3n) is 2.50. The average Bonchev–Trinajstić information content (AvgIpc) is 2.30. The topological polar surface area (TPSA) is 67.9 Å². The molecular weight excluding hydrogens is 236 g/mol. The van der Waals surface area contributed by atoms with Crippen LogP contribution in [-0.4, -0.2) is 63.3 Å². The zero-order valence-electron chi connectivity index (χ0n) is 11.7. The molecule has 0 radical (unpaired) electrons. The number of ether oxygens (including phenoxy) is 2. The average molecular weight is 260 g/mol. The number of likely N-dealkylation sites (N-methyl/N-ethyl adjacent to an activating group) is 1. The first-order valence-electron chi connectivity index (χ1n) is 6.19. The van der Waals surface area contributed by atoms with Crippen molar-refractivity contribution in [2.75, 3.05) is 40.5 Å². The first-order chi connectivity index (χ1) is 8.56. The number of carbonyl (C=O) groups excluding carboxylic acids is 2. The molecule has 6 heteroatoms. The minimum absolute atomic E-state index is 0.128. The van der Waals surface area contributed by atoms with Gasteiger partial charge in [-0.15, -0.1) is 0 Å². The summed E-state index contributed by atoms with van der Waals surface area (Å²) < 4.78 is 9.80. The van der Waals surface area contributed by atoms with Gasteiger partial charge in [-0.1, -0.05) is 6.92 Å². The lowest BCUT2D eigenvalue weighted by molar-refractivity contribution is -0.149. The number of nitrogens with one attached hydrogen (secondary N) is 1. The van der Waals surface area contributed by atoms with Gasteiger partial charge in [-0.2, -0.15) is 0 Å². The second kappa shape index (κ2) is 9.85. The fourth-order valence-corrected chi connectivity index (χ4v) is 1.58. The molecule has 0 bridgehead atoms. The highest BCUT2D eigenvalue weighted by molar-refractivity contribution is 5.80. The predicted molar refractivity (Wildman–Crippen MR) is 68.2 cm³/mol. The van der Waals surface area contributed by atoms with Gasteiger partial charge >= 0.3 is 5.97 Å². The molecule has 0 rings (SSSR count). The molecule has 0 aromatic carbocycles. The van der Waals surface area contributed by atoms with Gasteiger partial charge in [0.1, 0.15) is 6.04 Å². The monoisotopic (exact) mass is 260 g/mol. The van der Waals surface area contributed by atoms with Gasteiger partial charge in [0.25, 0.3) is 0 Å². The van der Waals surface area contributed by atoms with Crippen molar-refractivity contribution in [3.63, 3.8) is 0 Å². The number of rotatable bonds is 9. The molecule has 1 unspecified atom stereocenters. The van der Waals surface area contributed by atoms with Crippen molar-refractivity contribution in [1.82, 2.24) is 10.2 Å². The molecule has 6 nitrogen and oxygen atoms in total. The molecule has 0 fully saturated rings. The molecule has 0 heterocycles. The van der Waals surface area contributed by atoms with Gasteiger partial charge in [0.05, 0.1) is 19.8 Å². The molecule has 18 heavy (non-hydrogen) atoms. The van der Waals surface area contributed by atoms with E-state index in [9.17, 15) is 9.59 Å². The number of nitrogens with zero attached hydrogens (tertiary/aromatic N) is 1. The van der Waals surface area contributed by atoms with Gasteiger partial charge in [-0.05, 0) is 20.4 Å². The number of carbonyl (C=O) groups is 2. The Morgan fingerprint density at radius 3 is 2.50 bits per heavy atom. The van der Waals surface area contributed by atoms with Crippen LogP contribution in [0, 0.1) is 0 Å². The Morgan fingerprint density at radius 2 is 2.00 bits per heavy atom. The molecule has 1 amide bonds. The second-order valence-corrected chi connectivity index (χ2v) is 3.93. The lowest BCUT2D eigenvalue weighted by atomic mass is 10.2. The largest absolute Gasteiger partial charge is 0.465 e. The van der Waals surface area contributed by atoms with Crippen LogP contribution in [0.25, 0.3) is 0 Å². The van der Waals surface area contributed by atoms with Crippen molar-refractivity contribution < 1.29 is 19.1 Å². The molecule has 1 atom stereocenters. The van der Waals surface area contributed by atoms with Crippen molar-refractivity contribution in [2.24, 2.45) is 0 Å². The minimum Gasteiger partial charge on any atom is -0.465 e. The van der Waals surface area contributed by atoms with E-state index in [-0.39, 0.29) is 24.5 Å². The molecule has 0 aliphatic rings. The van der Waals surface area contributed by atoms with E-state index in [1.807, 2.05) is 6.92 Å². The molecule has 106 valence electrons. The van der Waals surface area contributed by atoms with E-state index < -0.39 is 0 Å². The normalized spacial score (nSPS) is 12.3. The van der Waals surface area contributed by atoms with Gasteiger partial charge in [0.15, 0.2) is 0 Å².